The molecule has 1 unspecified atom stereocenters. The third kappa shape index (κ3) is 5.34. The summed E-state index contributed by atoms with van der Waals surface area (Å²) in [5, 5.41) is 11.9. The van der Waals surface area contributed by atoms with Crippen molar-refractivity contribution in [2.45, 2.75) is 40.5 Å². The number of H-pyrrole nitrogens is 1. The molecule has 0 aliphatic heterocycles. The van der Waals surface area contributed by atoms with Gasteiger partial charge in [0, 0.05) is 18.8 Å². The summed E-state index contributed by atoms with van der Waals surface area (Å²) in [5.41, 5.74) is 1.24. The second-order valence-corrected chi connectivity index (χ2v) is 6.06. The van der Waals surface area contributed by atoms with E-state index in [0.717, 1.165) is 12.1 Å². The summed E-state index contributed by atoms with van der Waals surface area (Å²) in [7, 11) is 0. The molecule has 0 saturated heterocycles. The number of hydrogen-bond donors (Lipinski definition) is 3. The van der Waals surface area contributed by atoms with Gasteiger partial charge in [-0.15, -0.1) is 0 Å². The fourth-order valence-corrected chi connectivity index (χ4v) is 2.61. The van der Waals surface area contributed by atoms with Gasteiger partial charge in [0.1, 0.15) is 5.56 Å². The molecule has 5 heteroatoms. The van der Waals surface area contributed by atoms with E-state index >= 15 is 0 Å². The largest absolute Gasteiger partial charge is 0.396 e. The highest BCUT2D eigenvalue weighted by molar-refractivity contribution is 5.95. The van der Waals surface area contributed by atoms with Crippen molar-refractivity contribution in [3.05, 3.63) is 33.2 Å². The van der Waals surface area contributed by atoms with Gasteiger partial charge in [-0.05, 0) is 50.2 Å². The summed E-state index contributed by atoms with van der Waals surface area (Å²) in [6.07, 6.45) is 1.59. The lowest BCUT2D eigenvalue weighted by Gasteiger charge is -2.18. The van der Waals surface area contributed by atoms with Crippen molar-refractivity contribution >= 4 is 5.91 Å². The Morgan fingerprint density at radius 2 is 2.05 bits per heavy atom. The molecule has 1 rings (SSSR count). The maximum Gasteiger partial charge on any atom is 0.261 e. The monoisotopic (exact) mass is 294 g/mol. The number of carbonyl (C=O) groups is 1. The fourth-order valence-electron chi connectivity index (χ4n) is 2.61. The molecule has 1 aromatic heterocycles. The first kappa shape index (κ1) is 17.4. The molecular formula is C16H26N2O3. The van der Waals surface area contributed by atoms with Crippen molar-refractivity contribution in [2.24, 2.45) is 11.8 Å². The molecule has 21 heavy (non-hydrogen) atoms. The molecule has 0 aromatic carbocycles. The van der Waals surface area contributed by atoms with Gasteiger partial charge in [0.25, 0.3) is 11.5 Å². The zero-order valence-corrected chi connectivity index (χ0v) is 13.3. The molecule has 0 aliphatic rings. The lowest BCUT2D eigenvalue weighted by atomic mass is 9.94. The van der Waals surface area contributed by atoms with Crippen molar-refractivity contribution in [1.29, 1.82) is 0 Å². The maximum absolute atomic E-state index is 12.2. The number of amides is 1. The van der Waals surface area contributed by atoms with Crippen molar-refractivity contribution in [2.75, 3.05) is 13.2 Å². The van der Waals surface area contributed by atoms with Crippen LogP contribution in [0.15, 0.2) is 10.9 Å². The van der Waals surface area contributed by atoms with E-state index in [0.29, 0.717) is 24.4 Å². The van der Waals surface area contributed by atoms with Crippen LogP contribution in [0.1, 0.15) is 48.3 Å². The third-order valence-electron chi connectivity index (χ3n) is 3.49. The van der Waals surface area contributed by atoms with Crippen molar-refractivity contribution in [3.8, 4) is 0 Å². The topological polar surface area (TPSA) is 82.2 Å². The number of rotatable bonds is 7. The number of pyridine rings is 1. The first-order chi connectivity index (χ1) is 9.85. The molecule has 0 bridgehead atoms. The van der Waals surface area contributed by atoms with Crippen molar-refractivity contribution < 1.29 is 9.90 Å². The third-order valence-corrected chi connectivity index (χ3v) is 3.49. The van der Waals surface area contributed by atoms with E-state index in [2.05, 4.69) is 24.1 Å². The summed E-state index contributed by atoms with van der Waals surface area (Å²) in [4.78, 5) is 26.7. The van der Waals surface area contributed by atoms with Crippen LogP contribution >= 0.6 is 0 Å². The van der Waals surface area contributed by atoms with E-state index in [-0.39, 0.29) is 29.6 Å². The quantitative estimate of drug-likeness (QED) is 0.716. The first-order valence-corrected chi connectivity index (χ1v) is 7.44. The second-order valence-electron chi connectivity index (χ2n) is 6.06. The SMILES string of the molecule is Cc1cc(C)c(C(=O)NCC(CCO)CC(C)C)c(=O)[nH]1. The van der Waals surface area contributed by atoms with Crippen LogP contribution in [-0.2, 0) is 0 Å². The highest BCUT2D eigenvalue weighted by atomic mass is 16.3. The van der Waals surface area contributed by atoms with Gasteiger partial charge >= 0.3 is 0 Å². The summed E-state index contributed by atoms with van der Waals surface area (Å²) in [5.74, 6) is 0.382. The van der Waals surface area contributed by atoms with E-state index in [4.69, 9.17) is 5.11 Å². The van der Waals surface area contributed by atoms with Gasteiger partial charge in [-0.25, -0.2) is 0 Å². The summed E-state index contributed by atoms with van der Waals surface area (Å²) < 4.78 is 0. The lowest BCUT2D eigenvalue weighted by Crippen LogP contribution is -2.34. The Morgan fingerprint density at radius 3 is 2.57 bits per heavy atom. The van der Waals surface area contributed by atoms with Crippen LogP contribution in [0.4, 0.5) is 0 Å². The minimum absolute atomic E-state index is 0.109. The van der Waals surface area contributed by atoms with E-state index < -0.39 is 0 Å². The molecule has 3 N–H and O–H groups in total. The average Bonchev–Trinajstić information content (AvgIpc) is 2.34. The Hall–Kier alpha value is -1.62. The van der Waals surface area contributed by atoms with Crippen LogP contribution < -0.4 is 10.9 Å². The normalized spacial score (nSPS) is 12.5. The predicted octanol–water partition coefficient (Wildman–Crippen LogP) is 1.77. The molecule has 1 amide bonds. The molecule has 0 aliphatic carbocycles. The molecule has 1 atom stereocenters. The number of nitrogens with one attached hydrogen (secondary N) is 2. The minimum atomic E-state index is -0.354. The first-order valence-electron chi connectivity index (χ1n) is 7.44. The second kappa shape index (κ2) is 7.98. The summed E-state index contributed by atoms with van der Waals surface area (Å²) >= 11 is 0. The predicted molar refractivity (Wildman–Crippen MR) is 83.5 cm³/mol. The Balaban J connectivity index is 2.75. The zero-order chi connectivity index (χ0) is 16.0. The molecule has 0 fully saturated rings. The van der Waals surface area contributed by atoms with Gasteiger partial charge in [-0.2, -0.15) is 0 Å². The molecule has 118 valence electrons. The highest BCUT2D eigenvalue weighted by Gasteiger charge is 2.17. The molecule has 1 heterocycles. The van der Waals surface area contributed by atoms with Gasteiger partial charge in [0.05, 0.1) is 0 Å². The van der Waals surface area contributed by atoms with Gasteiger partial charge in [-0.1, -0.05) is 13.8 Å². The van der Waals surface area contributed by atoms with Crippen LogP contribution in [0, 0.1) is 25.7 Å². The summed E-state index contributed by atoms with van der Waals surface area (Å²) in [6, 6.07) is 1.79. The fraction of sp³-hybridized carbons (Fsp3) is 0.625. The Morgan fingerprint density at radius 1 is 1.38 bits per heavy atom. The summed E-state index contributed by atoms with van der Waals surface area (Å²) in [6.45, 7) is 8.36. The number of aliphatic hydroxyl groups is 1. The van der Waals surface area contributed by atoms with Crippen molar-refractivity contribution in [1.82, 2.24) is 10.3 Å². The van der Waals surface area contributed by atoms with E-state index in [1.807, 2.05) is 0 Å². The standard InChI is InChI=1S/C16H26N2O3/c1-10(2)7-13(5-6-19)9-17-15(20)14-11(3)8-12(4)18-16(14)21/h8,10,13,19H,5-7,9H2,1-4H3,(H,17,20)(H,18,21). The van der Waals surface area contributed by atoms with Gasteiger partial charge in [-0.3, -0.25) is 9.59 Å². The smallest absolute Gasteiger partial charge is 0.261 e. The van der Waals surface area contributed by atoms with Crippen LogP contribution in [0.3, 0.4) is 0 Å². The number of carbonyl (C=O) groups excluding carboxylic acids is 1. The number of aromatic amines is 1. The Kier molecular flexibility index (Phi) is 6.62. The van der Waals surface area contributed by atoms with Crippen LogP contribution in [0.25, 0.3) is 0 Å². The molecule has 0 saturated carbocycles. The molecule has 0 spiro atoms. The lowest BCUT2D eigenvalue weighted by molar-refractivity contribution is 0.0939. The minimum Gasteiger partial charge on any atom is -0.396 e. The van der Waals surface area contributed by atoms with Gasteiger partial charge < -0.3 is 15.4 Å². The van der Waals surface area contributed by atoms with E-state index in [1.54, 1.807) is 19.9 Å². The molecule has 5 nitrogen and oxygen atoms in total. The highest BCUT2D eigenvalue weighted by Crippen LogP contribution is 2.14. The number of hydrogen-bond acceptors (Lipinski definition) is 3. The molecular weight excluding hydrogens is 268 g/mol. The Bertz CT molecular complexity index is 535. The van der Waals surface area contributed by atoms with Crippen molar-refractivity contribution in [3.63, 3.8) is 0 Å². The Labute approximate surface area is 125 Å². The number of aromatic nitrogens is 1. The van der Waals surface area contributed by atoms with Gasteiger partial charge in [0.15, 0.2) is 0 Å². The zero-order valence-electron chi connectivity index (χ0n) is 13.3. The molecule has 1 aromatic rings. The van der Waals surface area contributed by atoms with E-state index in [1.165, 1.54) is 0 Å². The van der Waals surface area contributed by atoms with Crippen LogP contribution in [0.5, 0.6) is 0 Å². The number of aliphatic hydroxyl groups excluding tert-OH is 1. The number of aryl methyl sites for hydroxylation is 2. The van der Waals surface area contributed by atoms with E-state index in [9.17, 15) is 9.59 Å². The van der Waals surface area contributed by atoms with Gasteiger partial charge in [0.2, 0.25) is 0 Å². The maximum atomic E-state index is 12.2. The van der Waals surface area contributed by atoms with Crippen LogP contribution in [-0.4, -0.2) is 29.1 Å². The molecule has 0 radical (unpaired) electrons. The average molecular weight is 294 g/mol. The van der Waals surface area contributed by atoms with Crippen LogP contribution in [0.2, 0.25) is 0 Å².